The van der Waals surface area contributed by atoms with Gasteiger partial charge in [-0.3, -0.25) is 4.79 Å². The van der Waals surface area contributed by atoms with E-state index in [1.54, 1.807) is 6.07 Å². The Hall–Kier alpha value is -1.36. The van der Waals surface area contributed by atoms with E-state index in [2.05, 4.69) is 5.32 Å². The van der Waals surface area contributed by atoms with Gasteiger partial charge in [-0.2, -0.15) is 0 Å². The van der Waals surface area contributed by atoms with Gasteiger partial charge in [0.15, 0.2) is 6.61 Å². The standard InChI is InChI=1S/C9H10N2O2S/c1-14-8-3-6-7(2-5(8)10)13-4-9(12)11-6/h2-3H,4,10H2,1H3,(H,11,12). The second kappa shape index (κ2) is 3.42. The summed E-state index contributed by atoms with van der Waals surface area (Å²) in [6, 6.07) is 3.56. The number of carbonyl (C=O) groups is 1. The van der Waals surface area contributed by atoms with Gasteiger partial charge in [0.2, 0.25) is 0 Å². The Kier molecular flexibility index (Phi) is 2.25. The zero-order chi connectivity index (χ0) is 10.1. The van der Waals surface area contributed by atoms with E-state index in [1.165, 1.54) is 11.8 Å². The van der Waals surface area contributed by atoms with Crippen molar-refractivity contribution in [1.29, 1.82) is 0 Å². The van der Waals surface area contributed by atoms with Crippen molar-refractivity contribution in [3.8, 4) is 5.75 Å². The molecule has 0 bridgehead atoms. The van der Waals surface area contributed by atoms with Crippen LogP contribution >= 0.6 is 11.8 Å². The lowest BCUT2D eigenvalue weighted by Gasteiger charge is -2.19. The number of nitrogens with two attached hydrogens (primary N) is 1. The molecule has 0 atom stereocenters. The smallest absolute Gasteiger partial charge is 0.262 e. The zero-order valence-electron chi connectivity index (χ0n) is 7.66. The molecule has 74 valence electrons. The van der Waals surface area contributed by atoms with Gasteiger partial charge in [0.25, 0.3) is 5.91 Å². The van der Waals surface area contributed by atoms with Crippen LogP contribution < -0.4 is 15.8 Å². The van der Waals surface area contributed by atoms with Crippen molar-refractivity contribution in [3.05, 3.63) is 12.1 Å². The summed E-state index contributed by atoms with van der Waals surface area (Å²) in [4.78, 5) is 12.0. The molecule has 1 aliphatic rings. The van der Waals surface area contributed by atoms with Crippen LogP contribution in [0.4, 0.5) is 11.4 Å². The molecular formula is C9H10N2O2S. The number of ether oxygens (including phenoxy) is 1. The third kappa shape index (κ3) is 1.50. The molecule has 0 spiro atoms. The van der Waals surface area contributed by atoms with E-state index < -0.39 is 0 Å². The number of anilines is 2. The van der Waals surface area contributed by atoms with Gasteiger partial charge in [-0.1, -0.05) is 0 Å². The fourth-order valence-electron chi connectivity index (χ4n) is 1.30. The van der Waals surface area contributed by atoms with Gasteiger partial charge in [-0.15, -0.1) is 11.8 Å². The van der Waals surface area contributed by atoms with Crippen LogP contribution in [0.1, 0.15) is 0 Å². The minimum Gasteiger partial charge on any atom is -0.482 e. The van der Waals surface area contributed by atoms with Crippen LogP contribution in [0.3, 0.4) is 0 Å². The van der Waals surface area contributed by atoms with E-state index in [4.69, 9.17) is 10.5 Å². The maximum Gasteiger partial charge on any atom is 0.262 e. The first-order valence-corrected chi connectivity index (χ1v) is 5.33. The molecule has 0 radical (unpaired) electrons. The molecule has 1 aromatic rings. The van der Waals surface area contributed by atoms with Gasteiger partial charge in [-0.25, -0.2) is 0 Å². The largest absolute Gasteiger partial charge is 0.482 e. The summed E-state index contributed by atoms with van der Waals surface area (Å²) in [7, 11) is 0. The summed E-state index contributed by atoms with van der Waals surface area (Å²) in [5.41, 5.74) is 7.14. The molecular weight excluding hydrogens is 200 g/mol. The highest BCUT2D eigenvalue weighted by Gasteiger charge is 2.17. The van der Waals surface area contributed by atoms with E-state index in [9.17, 15) is 4.79 Å². The summed E-state index contributed by atoms with van der Waals surface area (Å²) in [6.45, 7) is 0.0606. The number of amides is 1. The van der Waals surface area contributed by atoms with Crippen LogP contribution in [0.2, 0.25) is 0 Å². The summed E-state index contributed by atoms with van der Waals surface area (Å²) in [5.74, 6) is 0.509. The zero-order valence-corrected chi connectivity index (χ0v) is 8.48. The summed E-state index contributed by atoms with van der Waals surface area (Å²) >= 11 is 1.54. The van der Waals surface area contributed by atoms with Gasteiger partial charge in [0.1, 0.15) is 5.75 Å². The van der Waals surface area contributed by atoms with E-state index in [-0.39, 0.29) is 12.5 Å². The van der Waals surface area contributed by atoms with Crippen molar-refractivity contribution >= 4 is 29.0 Å². The fourth-order valence-corrected chi connectivity index (χ4v) is 1.83. The quantitative estimate of drug-likeness (QED) is 0.542. The van der Waals surface area contributed by atoms with Crippen LogP contribution in [-0.2, 0) is 4.79 Å². The Morgan fingerprint density at radius 2 is 2.36 bits per heavy atom. The number of carbonyl (C=O) groups excluding carboxylic acids is 1. The Morgan fingerprint density at radius 3 is 3.07 bits per heavy atom. The molecule has 14 heavy (non-hydrogen) atoms. The van der Waals surface area contributed by atoms with Crippen molar-refractivity contribution in [3.63, 3.8) is 0 Å². The van der Waals surface area contributed by atoms with Crippen LogP contribution in [0.5, 0.6) is 5.75 Å². The van der Waals surface area contributed by atoms with E-state index >= 15 is 0 Å². The van der Waals surface area contributed by atoms with Crippen LogP contribution in [-0.4, -0.2) is 18.8 Å². The second-order valence-electron chi connectivity index (χ2n) is 2.93. The Morgan fingerprint density at radius 1 is 1.57 bits per heavy atom. The number of benzene rings is 1. The maximum atomic E-state index is 11.0. The molecule has 0 aromatic heterocycles. The summed E-state index contributed by atoms with van der Waals surface area (Å²) in [5, 5.41) is 2.73. The lowest BCUT2D eigenvalue weighted by atomic mass is 10.2. The van der Waals surface area contributed by atoms with Crippen LogP contribution in [0, 0.1) is 0 Å². The molecule has 4 nitrogen and oxygen atoms in total. The first kappa shape index (κ1) is 9.21. The average molecular weight is 210 g/mol. The first-order chi connectivity index (χ1) is 6.70. The second-order valence-corrected chi connectivity index (χ2v) is 3.78. The van der Waals surface area contributed by atoms with Crippen molar-refractivity contribution in [2.24, 2.45) is 0 Å². The number of nitrogens with one attached hydrogen (secondary N) is 1. The molecule has 2 rings (SSSR count). The fraction of sp³-hybridized carbons (Fsp3) is 0.222. The highest BCUT2D eigenvalue weighted by molar-refractivity contribution is 7.98. The molecule has 1 heterocycles. The summed E-state index contributed by atoms with van der Waals surface area (Å²) in [6.07, 6.45) is 1.93. The Balaban J connectivity index is 2.46. The predicted octanol–water partition coefficient (Wildman–Crippen LogP) is 1.32. The first-order valence-electron chi connectivity index (χ1n) is 4.11. The number of hydrogen-bond donors (Lipinski definition) is 2. The van der Waals surface area contributed by atoms with Crippen molar-refractivity contribution < 1.29 is 9.53 Å². The minimum absolute atomic E-state index is 0.0606. The number of thioether (sulfide) groups is 1. The average Bonchev–Trinajstić information content (AvgIpc) is 2.17. The molecule has 1 amide bonds. The lowest BCUT2D eigenvalue weighted by Crippen LogP contribution is -2.25. The van der Waals surface area contributed by atoms with Crippen LogP contribution in [0.25, 0.3) is 0 Å². The van der Waals surface area contributed by atoms with E-state index in [0.29, 0.717) is 17.1 Å². The molecule has 0 fully saturated rings. The number of fused-ring (bicyclic) bond motifs is 1. The molecule has 0 aliphatic carbocycles. The van der Waals surface area contributed by atoms with E-state index in [1.807, 2.05) is 12.3 Å². The molecule has 0 saturated carbocycles. The van der Waals surface area contributed by atoms with Crippen molar-refractivity contribution in [2.75, 3.05) is 23.9 Å². The van der Waals surface area contributed by atoms with Crippen LogP contribution in [0.15, 0.2) is 17.0 Å². The van der Waals surface area contributed by atoms with Gasteiger partial charge < -0.3 is 15.8 Å². The molecule has 1 aliphatic heterocycles. The van der Waals surface area contributed by atoms with Crippen molar-refractivity contribution in [1.82, 2.24) is 0 Å². The SMILES string of the molecule is CSc1cc2c(cc1N)OCC(=O)N2. The number of nitrogen functional groups attached to an aromatic ring is 1. The minimum atomic E-state index is -0.130. The molecule has 1 aromatic carbocycles. The molecule has 0 unspecified atom stereocenters. The van der Waals surface area contributed by atoms with Gasteiger partial charge in [0, 0.05) is 16.6 Å². The molecule has 0 saturated heterocycles. The highest BCUT2D eigenvalue weighted by Crippen LogP contribution is 2.35. The number of rotatable bonds is 1. The number of hydrogen-bond acceptors (Lipinski definition) is 4. The predicted molar refractivity (Wildman–Crippen MR) is 56.8 cm³/mol. The molecule has 5 heteroatoms. The summed E-state index contributed by atoms with van der Waals surface area (Å²) < 4.78 is 5.21. The van der Waals surface area contributed by atoms with E-state index in [0.717, 1.165) is 4.90 Å². The highest BCUT2D eigenvalue weighted by atomic mass is 32.2. The van der Waals surface area contributed by atoms with Crippen molar-refractivity contribution in [2.45, 2.75) is 4.90 Å². The Labute approximate surface area is 85.8 Å². The third-order valence-electron chi connectivity index (χ3n) is 1.96. The Bertz CT molecular complexity index is 393. The topological polar surface area (TPSA) is 64.3 Å². The monoisotopic (exact) mass is 210 g/mol. The van der Waals surface area contributed by atoms with Gasteiger partial charge in [0.05, 0.1) is 5.69 Å². The normalized spacial score (nSPS) is 14.2. The third-order valence-corrected chi connectivity index (χ3v) is 2.76. The van der Waals surface area contributed by atoms with Gasteiger partial charge in [-0.05, 0) is 12.3 Å². The molecule has 3 N–H and O–H groups in total. The van der Waals surface area contributed by atoms with Gasteiger partial charge >= 0.3 is 0 Å². The lowest BCUT2D eigenvalue weighted by molar-refractivity contribution is -0.118. The maximum absolute atomic E-state index is 11.0.